The molecule has 0 aliphatic heterocycles. The van der Waals surface area contributed by atoms with Gasteiger partial charge in [-0.1, -0.05) is 49.6 Å². The summed E-state index contributed by atoms with van der Waals surface area (Å²) in [5.74, 6) is 0. The molecule has 0 atom stereocenters. The van der Waals surface area contributed by atoms with Crippen LogP contribution in [0.3, 0.4) is 0 Å². The van der Waals surface area contributed by atoms with Crippen LogP contribution in [0.15, 0.2) is 49.6 Å². The normalized spacial score (nSPS) is 11.0. The van der Waals surface area contributed by atoms with E-state index in [0.29, 0.717) is 11.4 Å². The van der Waals surface area contributed by atoms with Gasteiger partial charge in [-0.05, 0) is 23.3 Å². The van der Waals surface area contributed by atoms with Crippen LogP contribution in [0.1, 0.15) is 11.1 Å². The molecule has 2 heteroatoms. The number of hydrogen-bond acceptors (Lipinski definition) is 2. The van der Waals surface area contributed by atoms with Gasteiger partial charge in [-0.15, -0.1) is 0 Å². The predicted molar refractivity (Wildman–Crippen MR) is 73.7 cm³/mol. The number of hydrogen-bond donors (Lipinski definition) is 2. The van der Waals surface area contributed by atoms with E-state index in [9.17, 15) is 0 Å². The Hall–Kier alpha value is -2.22. The van der Waals surface area contributed by atoms with E-state index in [1.807, 2.05) is 36.4 Å². The van der Waals surface area contributed by atoms with E-state index in [1.165, 1.54) is 0 Å². The van der Waals surface area contributed by atoms with Gasteiger partial charge < -0.3 is 11.5 Å². The molecule has 0 radical (unpaired) electrons. The summed E-state index contributed by atoms with van der Waals surface area (Å²) in [6, 6.07) is 3.69. The summed E-state index contributed by atoms with van der Waals surface area (Å²) < 4.78 is 0. The highest BCUT2D eigenvalue weighted by atomic mass is 14.6. The second-order valence-corrected chi connectivity index (χ2v) is 3.30. The van der Waals surface area contributed by atoms with Crippen molar-refractivity contribution >= 4 is 23.5 Å². The summed E-state index contributed by atoms with van der Waals surface area (Å²) >= 11 is 0. The van der Waals surface area contributed by atoms with Crippen LogP contribution in [-0.4, -0.2) is 0 Å². The summed E-state index contributed by atoms with van der Waals surface area (Å²) in [5.41, 5.74) is 15.0. The number of benzene rings is 1. The third-order valence-electron chi connectivity index (χ3n) is 2.11. The molecule has 1 aromatic carbocycles. The minimum absolute atomic E-state index is 0.691. The van der Waals surface area contributed by atoms with Gasteiger partial charge in [0.05, 0.1) is 0 Å². The number of allylic oxidation sites excluding steroid dienone is 4. The van der Waals surface area contributed by atoms with Crippen LogP contribution in [0.25, 0.3) is 12.2 Å². The van der Waals surface area contributed by atoms with Crippen LogP contribution in [0.4, 0.5) is 11.4 Å². The Kier molecular flexibility index (Phi) is 4.16. The van der Waals surface area contributed by atoms with Gasteiger partial charge in [-0.25, -0.2) is 0 Å². The van der Waals surface area contributed by atoms with Gasteiger partial charge in [0.25, 0.3) is 0 Å². The Balaban J connectivity index is 3.15. The van der Waals surface area contributed by atoms with Crippen molar-refractivity contribution in [3.8, 4) is 0 Å². The number of anilines is 2. The van der Waals surface area contributed by atoms with Gasteiger partial charge in [-0.2, -0.15) is 0 Å². The fourth-order valence-electron chi connectivity index (χ4n) is 1.30. The lowest BCUT2D eigenvalue weighted by Gasteiger charge is -2.06. The van der Waals surface area contributed by atoms with Gasteiger partial charge in [0.2, 0.25) is 0 Å². The van der Waals surface area contributed by atoms with Crippen molar-refractivity contribution in [2.45, 2.75) is 0 Å². The molecule has 0 bridgehead atoms. The molecule has 4 N–H and O–H groups in total. The molecule has 82 valence electrons. The molecule has 0 heterocycles. The number of nitrogen functional groups attached to an aromatic ring is 2. The van der Waals surface area contributed by atoms with Crippen molar-refractivity contribution in [2.75, 3.05) is 11.5 Å². The quantitative estimate of drug-likeness (QED) is 0.594. The first-order valence-corrected chi connectivity index (χ1v) is 4.96. The number of nitrogens with two attached hydrogens (primary N) is 2. The van der Waals surface area contributed by atoms with E-state index >= 15 is 0 Å². The SMILES string of the molecule is C=C/C=C/c1cc(N)c(/C=C/C=C)cc1N. The molecule has 0 aromatic heterocycles. The lowest BCUT2D eigenvalue weighted by Crippen LogP contribution is -1.95. The fraction of sp³-hybridized carbons (Fsp3) is 0. The lowest BCUT2D eigenvalue weighted by atomic mass is 10.1. The first kappa shape index (κ1) is 11.9. The molecule has 0 saturated heterocycles. The van der Waals surface area contributed by atoms with Gasteiger partial charge in [-0.3, -0.25) is 0 Å². The summed E-state index contributed by atoms with van der Waals surface area (Å²) in [4.78, 5) is 0. The highest BCUT2D eigenvalue weighted by Gasteiger charge is 2.00. The monoisotopic (exact) mass is 212 g/mol. The van der Waals surface area contributed by atoms with Crippen molar-refractivity contribution in [1.82, 2.24) is 0 Å². The van der Waals surface area contributed by atoms with Crippen molar-refractivity contribution < 1.29 is 0 Å². The summed E-state index contributed by atoms with van der Waals surface area (Å²) in [6.45, 7) is 7.21. The summed E-state index contributed by atoms with van der Waals surface area (Å²) in [7, 11) is 0. The van der Waals surface area contributed by atoms with Crippen LogP contribution >= 0.6 is 0 Å². The van der Waals surface area contributed by atoms with Crippen LogP contribution < -0.4 is 11.5 Å². The molecule has 2 nitrogen and oxygen atoms in total. The van der Waals surface area contributed by atoms with E-state index in [-0.39, 0.29) is 0 Å². The van der Waals surface area contributed by atoms with Gasteiger partial charge >= 0.3 is 0 Å². The summed E-state index contributed by atoms with van der Waals surface area (Å²) in [6.07, 6.45) is 10.8. The predicted octanol–water partition coefficient (Wildman–Crippen LogP) is 3.25. The Morgan fingerprint density at radius 2 is 1.19 bits per heavy atom. The minimum Gasteiger partial charge on any atom is -0.398 e. The highest BCUT2D eigenvalue weighted by molar-refractivity contribution is 5.77. The van der Waals surface area contributed by atoms with Crippen molar-refractivity contribution in [2.24, 2.45) is 0 Å². The fourth-order valence-corrected chi connectivity index (χ4v) is 1.30. The topological polar surface area (TPSA) is 52.0 Å². The Bertz CT molecular complexity index is 410. The zero-order valence-electron chi connectivity index (χ0n) is 9.19. The van der Waals surface area contributed by atoms with Crippen LogP contribution in [0.5, 0.6) is 0 Å². The molecule has 0 amide bonds. The third kappa shape index (κ3) is 2.89. The molecule has 0 fully saturated rings. The van der Waals surface area contributed by atoms with Crippen molar-refractivity contribution in [3.63, 3.8) is 0 Å². The average molecular weight is 212 g/mol. The van der Waals surface area contributed by atoms with E-state index < -0.39 is 0 Å². The van der Waals surface area contributed by atoms with E-state index in [1.54, 1.807) is 12.2 Å². The van der Waals surface area contributed by atoms with E-state index in [0.717, 1.165) is 11.1 Å². The smallest absolute Gasteiger partial charge is 0.0395 e. The molecular formula is C14H16N2. The molecule has 0 aliphatic rings. The standard InChI is InChI=1S/C14H16N2/c1-3-5-7-11-9-14(16)12(8-6-4-2)10-13(11)15/h3-10H,1-2,15-16H2/b7-5+,8-6+. The van der Waals surface area contributed by atoms with Crippen molar-refractivity contribution in [1.29, 1.82) is 0 Å². The van der Waals surface area contributed by atoms with Crippen LogP contribution in [0.2, 0.25) is 0 Å². The van der Waals surface area contributed by atoms with E-state index in [2.05, 4.69) is 13.2 Å². The first-order valence-electron chi connectivity index (χ1n) is 4.96. The molecule has 0 aliphatic carbocycles. The average Bonchev–Trinajstić information content (AvgIpc) is 2.28. The molecule has 0 unspecified atom stereocenters. The number of rotatable bonds is 4. The molecule has 1 aromatic rings. The second kappa shape index (κ2) is 5.61. The Morgan fingerprint density at radius 3 is 1.50 bits per heavy atom. The molecule has 0 spiro atoms. The zero-order valence-corrected chi connectivity index (χ0v) is 9.19. The molecule has 1 rings (SSSR count). The van der Waals surface area contributed by atoms with Crippen LogP contribution in [-0.2, 0) is 0 Å². The second-order valence-electron chi connectivity index (χ2n) is 3.30. The first-order chi connectivity index (χ1) is 7.69. The van der Waals surface area contributed by atoms with Gasteiger partial charge in [0, 0.05) is 11.4 Å². The van der Waals surface area contributed by atoms with Gasteiger partial charge in [0.15, 0.2) is 0 Å². The molecular weight excluding hydrogens is 196 g/mol. The minimum atomic E-state index is 0.691. The maximum Gasteiger partial charge on any atom is 0.0395 e. The van der Waals surface area contributed by atoms with Crippen molar-refractivity contribution in [3.05, 3.63) is 60.7 Å². The lowest BCUT2D eigenvalue weighted by molar-refractivity contribution is 1.59. The largest absolute Gasteiger partial charge is 0.398 e. The highest BCUT2D eigenvalue weighted by Crippen LogP contribution is 2.23. The van der Waals surface area contributed by atoms with Gasteiger partial charge in [0.1, 0.15) is 0 Å². The Morgan fingerprint density at radius 1 is 0.812 bits per heavy atom. The maximum atomic E-state index is 5.90. The molecule has 0 saturated carbocycles. The van der Waals surface area contributed by atoms with E-state index in [4.69, 9.17) is 11.5 Å². The third-order valence-corrected chi connectivity index (χ3v) is 2.11. The van der Waals surface area contributed by atoms with Crippen LogP contribution in [0, 0.1) is 0 Å². The molecule has 16 heavy (non-hydrogen) atoms. The maximum absolute atomic E-state index is 5.90. The Labute approximate surface area is 96.3 Å². The summed E-state index contributed by atoms with van der Waals surface area (Å²) in [5, 5.41) is 0. The zero-order chi connectivity index (χ0) is 12.0.